The van der Waals surface area contributed by atoms with Crippen molar-refractivity contribution < 1.29 is 4.74 Å². The molecule has 0 fully saturated rings. The summed E-state index contributed by atoms with van der Waals surface area (Å²) >= 11 is 5.85. The van der Waals surface area contributed by atoms with E-state index >= 15 is 0 Å². The summed E-state index contributed by atoms with van der Waals surface area (Å²) in [7, 11) is 1.65. The van der Waals surface area contributed by atoms with E-state index in [2.05, 4.69) is 48.4 Å². The molecule has 0 aliphatic rings. The molecular formula is C29H31N3O2S. The van der Waals surface area contributed by atoms with E-state index in [9.17, 15) is 4.79 Å². The van der Waals surface area contributed by atoms with Crippen LogP contribution in [0.2, 0.25) is 0 Å². The third kappa shape index (κ3) is 5.72. The van der Waals surface area contributed by atoms with E-state index in [0.29, 0.717) is 23.8 Å². The second-order valence-corrected chi connectivity index (χ2v) is 9.27. The van der Waals surface area contributed by atoms with Crippen molar-refractivity contribution in [2.24, 2.45) is 0 Å². The number of nitrogens with one attached hydrogen (secondary N) is 2. The first kappa shape index (κ1) is 24.5. The summed E-state index contributed by atoms with van der Waals surface area (Å²) in [6.45, 7) is 7.11. The molecule has 0 aliphatic heterocycles. The Hall–Kier alpha value is -3.64. The zero-order valence-corrected chi connectivity index (χ0v) is 21.4. The lowest BCUT2D eigenvalue weighted by Gasteiger charge is -2.28. The molecule has 0 radical (unpaired) electrons. The summed E-state index contributed by atoms with van der Waals surface area (Å²) in [5.74, 6) is 0.801. The van der Waals surface area contributed by atoms with Crippen LogP contribution in [-0.2, 0) is 13.1 Å². The molecule has 1 aromatic heterocycles. The second-order valence-electron chi connectivity index (χ2n) is 8.88. The number of aromatic nitrogens is 1. The van der Waals surface area contributed by atoms with Gasteiger partial charge in [0.1, 0.15) is 5.75 Å². The average Bonchev–Trinajstić information content (AvgIpc) is 2.87. The number of H-pyrrole nitrogens is 1. The highest BCUT2D eigenvalue weighted by Gasteiger charge is 2.17. The minimum absolute atomic E-state index is 0.0302. The highest BCUT2D eigenvalue weighted by molar-refractivity contribution is 7.80. The van der Waals surface area contributed by atoms with Crippen LogP contribution < -0.4 is 15.6 Å². The maximum absolute atomic E-state index is 13.1. The normalized spacial score (nSPS) is 11.8. The van der Waals surface area contributed by atoms with Crippen LogP contribution in [0.5, 0.6) is 5.75 Å². The first-order valence-electron chi connectivity index (χ1n) is 11.7. The molecule has 180 valence electrons. The third-order valence-electron chi connectivity index (χ3n) is 6.45. The smallest absolute Gasteiger partial charge is 0.253 e. The Morgan fingerprint density at radius 1 is 1.03 bits per heavy atom. The molecule has 0 spiro atoms. The van der Waals surface area contributed by atoms with Crippen LogP contribution in [0.1, 0.15) is 40.8 Å². The highest BCUT2D eigenvalue weighted by Crippen LogP contribution is 2.21. The molecule has 2 N–H and O–H groups in total. The number of thiocarbonyl (C=S) groups is 1. The Kier molecular flexibility index (Phi) is 7.51. The van der Waals surface area contributed by atoms with Gasteiger partial charge in [-0.25, -0.2) is 0 Å². The van der Waals surface area contributed by atoms with E-state index < -0.39 is 0 Å². The molecule has 6 heteroatoms. The number of benzene rings is 3. The maximum atomic E-state index is 13.1. The van der Waals surface area contributed by atoms with E-state index in [1.807, 2.05) is 60.4 Å². The van der Waals surface area contributed by atoms with Crippen molar-refractivity contribution in [3.63, 3.8) is 0 Å². The predicted molar refractivity (Wildman–Crippen MR) is 147 cm³/mol. The van der Waals surface area contributed by atoms with Gasteiger partial charge in [0.15, 0.2) is 5.11 Å². The van der Waals surface area contributed by atoms with Crippen molar-refractivity contribution >= 4 is 28.2 Å². The molecule has 4 aromatic rings. The standard InChI is InChI=1S/C29H31N3O2S/c1-19-10-13-24-16-25(28(33)31-27(24)20(19)2)18-32(17-22-11-14-26(34-4)15-12-22)29(35)30-21(3)23-8-6-5-7-9-23/h5-16,21H,17-18H2,1-4H3,(H,30,35)(H,31,33). The molecule has 4 rings (SSSR count). The van der Waals surface area contributed by atoms with Crippen molar-refractivity contribution in [2.75, 3.05) is 7.11 Å². The quantitative estimate of drug-likeness (QED) is 0.325. The third-order valence-corrected chi connectivity index (χ3v) is 6.82. The SMILES string of the molecule is COc1ccc(CN(Cc2cc3ccc(C)c(C)c3[nH]c2=O)C(=S)NC(C)c2ccccc2)cc1. The van der Waals surface area contributed by atoms with Gasteiger partial charge in [0, 0.05) is 12.1 Å². The summed E-state index contributed by atoms with van der Waals surface area (Å²) in [4.78, 5) is 18.2. The van der Waals surface area contributed by atoms with Crippen molar-refractivity contribution in [2.45, 2.75) is 39.9 Å². The summed E-state index contributed by atoms with van der Waals surface area (Å²) in [5.41, 5.74) is 5.94. The number of aromatic amines is 1. The first-order chi connectivity index (χ1) is 16.9. The Labute approximate surface area is 211 Å². The number of aryl methyl sites for hydroxylation is 2. The molecule has 5 nitrogen and oxygen atoms in total. The van der Waals surface area contributed by atoms with E-state index in [4.69, 9.17) is 17.0 Å². The Morgan fingerprint density at radius 3 is 2.43 bits per heavy atom. The fourth-order valence-electron chi connectivity index (χ4n) is 4.15. The number of rotatable bonds is 7. The van der Waals surface area contributed by atoms with Crippen molar-refractivity contribution in [1.82, 2.24) is 15.2 Å². The van der Waals surface area contributed by atoms with Gasteiger partial charge < -0.3 is 19.9 Å². The van der Waals surface area contributed by atoms with Crippen LogP contribution in [0, 0.1) is 13.8 Å². The van der Waals surface area contributed by atoms with Gasteiger partial charge in [0.25, 0.3) is 5.56 Å². The minimum atomic E-state index is -0.0927. The van der Waals surface area contributed by atoms with Crippen molar-refractivity contribution in [3.8, 4) is 5.75 Å². The van der Waals surface area contributed by atoms with Gasteiger partial charge >= 0.3 is 0 Å². The molecule has 1 heterocycles. The van der Waals surface area contributed by atoms with Crippen LogP contribution in [0.15, 0.2) is 77.6 Å². The fourth-order valence-corrected chi connectivity index (χ4v) is 4.45. The molecule has 1 atom stereocenters. The molecule has 0 aliphatic carbocycles. The van der Waals surface area contributed by atoms with Gasteiger partial charge in [-0.15, -0.1) is 0 Å². The summed E-state index contributed by atoms with van der Waals surface area (Å²) < 4.78 is 5.30. The van der Waals surface area contributed by atoms with Gasteiger partial charge in [0.05, 0.1) is 25.2 Å². The molecule has 0 saturated carbocycles. The van der Waals surface area contributed by atoms with Crippen molar-refractivity contribution in [3.05, 3.63) is 111 Å². The molecule has 0 bridgehead atoms. The molecule has 3 aromatic carbocycles. The number of ether oxygens (including phenoxy) is 1. The van der Waals surface area contributed by atoms with E-state index in [-0.39, 0.29) is 11.6 Å². The molecule has 0 amide bonds. The largest absolute Gasteiger partial charge is 0.497 e. The number of fused-ring (bicyclic) bond motifs is 1. The summed E-state index contributed by atoms with van der Waals surface area (Å²) in [6, 6.07) is 24.2. The molecule has 35 heavy (non-hydrogen) atoms. The lowest BCUT2D eigenvalue weighted by molar-refractivity contribution is 0.390. The lowest BCUT2D eigenvalue weighted by atomic mass is 10.0. The van der Waals surface area contributed by atoms with E-state index in [1.54, 1.807) is 7.11 Å². The van der Waals surface area contributed by atoms with Crippen LogP contribution >= 0.6 is 12.2 Å². The minimum Gasteiger partial charge on any atom is -0.497 e. The Balaban J connectivity index is 1.64. The Bertz CT molecular complexity index is 1380. The van der Waals surface area contributed by atoms with Crippen LogP contribution in [0.25, 0.3) is 10.9 Å². The average molecular weight is 486 g/mol. The molecular weight excluding hydrogens is 454 g/mol. The van der Waals surface area contributed by atoms with Crippen LogP contribution in [0.4, 0.5) is 0 Å². The monoisotopic (exact) mass is 485 g/mol. The van der Waals surface area contributed by atoms with Gasteiger partial charge in [-0.05, 0) is 78.8 Å². The maximum Gasteiger partial charge on any atom is 0.253 e. The first-order valence-corrected chi connectivity index (χ1v) is 12.1. The topological polar surface area (TPSA) is 57.4 Å². The van der Waals surface area contributed by atoms with Gasteiger partial charge in [-0.1, -0.05) is 54.6 Å². The Morgan fingerprint density at radius 2 is 1.74 bits per heavy atom. The van der Waals surface area contributed by atoms with Gasteiger partial charge in [0.2, 0.25) is 0 Å². The van der Waals surface area contributed by atoms with Gasteiger partial charge in [-0.3, -0.25) is 4.79 Å². The number of nitrogens with zero attached hydrogens (tertiary/aromatic N) is 1. The fraction of sp³-hybridized carbons (Fsp3) is 0.241. The molecule has 1 unspecified atom stereocenters. The zero-order valence-electron chi connectivity index (χ0n) is 20.6. The molecule has 0 saturated heterocycles. The van der Waals surface area contributed by atoms with E-state index in [1.165, 1.54) is 0 Å². The highest BCUT2D eigenvalue weighted by atomic mass is 32.1. The van der Waals surface area contributed by atoms with Crippen LogP contribution in [-0.4, -0.2) is 22.1 Å². The van der Waals surface area contributed by atoms with Crippen LogP contribution in [0.3, 0.4) is 0 Å². The number of methoxy groups -OCH3 is 1. The second kappa shape index (κ2) is 10.7. The summed E-state index contributed by atoms with van der Waals surface area (Å²) in [6.07, 6.45) is 0. The number of hydrogen-bond donors (Lipinski definition) is 2. The predicted octanol–water partition coefficient (Wildman–Crippen LogP) is 5.79. The number of pyridine rings is 1. The van der Waals surface area contributed by atoms with E-state index in [0.717, 1.165) is 38.9 Å². The summed E-state index contributed by atoms with van der Waals surface area (Å²) in [5, 5.41) is 5.06. The number of hydrogen-bond acceptors (Lipinski definition) is 3. The lowest BCUT2D eigenvalue weighted by Crippen LogP contribution is -2.41. The van der Waals surface area contributed by atoms with Gasteiger partial charge in [-0.2, -0.15) is 0 Å². The van der Waals surface area contributed by atoms with Crippen molar-refractivity contribution in [1.29, 1.82) is 0 Å². The zero-order chi connectivity index (χ0) is 24.9.